The van der Waals surface area contributed by atoms with Crippen LogP contribution in [0.1, 0.15) is 47.6 Å². The van der Waals surface area contributed by atoms with Crippen molar-refractivity contribution in [1.82, 2.24) is 0 Å². The molecule has 0 amide bonds. The SMILES string of the molecule is Cc1cc(OC2CCS(=O)CC2)cc(C)c1-c1cccc2c1CCC2N. The topological polar surface area (TPSA) is 52.3 Å². The molecule has 1 fully saturated rings. The van der Waals surface area contributed by atoms with Gasteiger partial charge < -0.3 is 10.5 Å². The van der Waals surface area contributed by atoms with Gasteiger partial charge in [0.05, 0.1) is 0 Å². The maximum absolute atomic E-state index is 11.5. The summed E-state index contributed by atoms with van der Waals surface area (Å²) in [5, 5.41) is 0. The summed E-state index contributed by atoms with van der Waals surface area (Å²) in [6.07, 6.45) is 4.06. The Hall–Kier alpha value is -1.65. The van der Waals surface area contributed by atoms with Crippen molar-refractivity contribution in [2.24, 2.45) is 5.73 Å². The summed E-state index contributed by atoms with van der Waals surface area (Å²) in [6.45, 7) is 4.33. The van der Waals surface area contributed by atoms with Crippen molar-refractivity contribution >= 4 is 10.8 Å². The van der Waals surface area contributed by atoms with Crippen LogP contribution < -0.4 is 10.5 Å². The fourth-order valence-electron chi connectivity index (χ4n) is 4.42. The van der Waals surface area contributed by atoms with Crippen LogP contribution in [0, 0.1) is 13.8 Å². The zero-order chi connectivity index (χ0) is 18.3. The van der Waals surface area contributed by atoms with Crippen LogP contribution in [-0.4, -0.2) is 21.8 Å². The predicted molar refractivity (Wildman–Crippen MR) is 108 cm³/mol. The monoisotopic (exact) mass is 369 g/mol. The largest absolute Gasteiger partial charge is 0.490 e. The third-order valence-corrected chi connectivity index (χ3v) is 7.11. The molecule has 1 atom stereocenters. The van der Waals surface area contributed by atoms with Crippen molar-refractivity contribution in [3.05, 3.63) is 52.6 Å². The highest BCUT2D eigenvalue weighted by Gasteiger charge is 2.24. The molecule has 2 aromatic rings. The Balaban J connectivity index is 1.64. The number of ether oxygens (including phenoxy) is 1. The van der Waals surface area contributed by atoms with E-state index in [1.54, 1.807) is 0 Å². The van der Waals surface area contributed by atoms with Gasteiger partial charge in [0.25, 0.3) is 0 Å². The fourth-order valence-corrected chi connectivity index (χ4v) is 5.68. The lowest BCUT2D eigenvalue weighted by Crippen LogP contribution is -2.27. The van der Waals surface area contributed by atoms with Gasteiger partial charge in [-0.3, -0.25) is 4.21 Å². The molecule has 0 saturated carbocycles. The highest BCUT2D eigenvalue weighted by atomic mass is 32.2. The molecule has 4 rings (SSSR count). The molecule has 2 N–H and O–H groups in total. The minimum absolute atomic E-state index is 0.171. The van der Waals surface area contributed by atoms with E-state index in [0.717, 1.165) is 42.9 Å². The van der Waals surface area contributed by atoms with Crippen molar-refractivity contribution in [2.75, 3.05) is 11.5 Å². The first-order valence-corrected chi connectivity index (χ1v) is 11.0. The van der Waals surface area contributed by atoms with Crippen LogP contribution in [0.5, 0.6) is 5.75 Å². The van der Waals surface area contributed by atoms with Crippen LogP contribution in [0.4, 0.5) is 0 Å². The number of rotatable bonds is 3. The van der Waals surface area contributed by atoms with E-state index in [1.807, 2.05) is 0 Å². The third-order valence-electron chi connectivity index (χ3n) is 5.73. The smallest absolute Gasteiger partial charge is 0.120 e. The molecule has 4 heteroatoms. The molecule has 1 heterocycles. The van der Waals surface area contributed by atoms with E-state index in [1.165, 1.54) is 33.4 Å². The van der Waals surface area contributed by atoms with Crippen LogP contribution in [0.2, 0.25) is 0 Å². The molecular formula is C22H27NO2S. The van der Waals surface area contributed by atoms with E-state index in [9.17, 15) is 4.21 Å². The summed E-state index contributed by atoms with van der Waals surface area (Å²) >= 11 is 0. The highest BCUT2D eigenvalue weighted by molar-refractivity contribution is 7.85. The maximum Gasteiger partial charge on any atom is 0.120 e. The molecule has 2 aromatic carbocycles. The number of aryl methyl sites for hydroxylation is 2. The molecular weight excluding hydrogens is 342 g/mol. The fraction of sp³-hybridized carbons (Fsp3) is 0.455. The third kappa shape index (κ3) is 3.33. The molecule has 0 spiro atoms. The average molecular weight is 370 g/mol. The van der Waals surface area contributed by atoms with Crippen LogP contribution in [0.15, 0.2) is 30.3 Å². The molecule has 138 valence electrons. The number of hydrogen-bond donors (Lipinski definition) is 1. The first kappa shape index (κ1) is 17.7. The van der Waals surface area contributed by atoms with Gasteiger partial charge in [-0.1, -0.05) is 18.2 Å². The summed E-state index contributed by atoms with van der Waals surface area (Å²) in [7, 11) is -0.650. The van der Waals surface area contributed by atoms with Crippen molar-refractivity contribution in [3.63, 3.8) is 0 Å². The van der Waals surface area contributed by atoms with E-state index in [2.05, 4.69) is 44.2 Å². The Labute approximate surface area is 158 Å². The summed E-state index contributed by atoms with van der Waals surface area (Å²) in [5.41, 5.74) is 14.1. The number of fused-ring (bicyclic) bond motifs is 1. The highest BCUT2D eigenvalue weighted by Crippen LogP contribution is 2.40. The number of nitrogens with two attached hydrogens (primary N) is 1. The molecule has 3 nitrogen and oxygen atoms in total. The van der Waals surface area contributed by atoms with E-state index < -0.39 is 10.8 Å². The van der Waals surface area contributed by atoms with Gasteiger partial charge in [0.2, 0.25) is 0 Å². The zero-order valence-electron chi connectivity index (χ0n) is 15.6. The molecule has 1 saturated heterocycles. The van der Waals surface area contributed by atoms with E-state index in [0.29, 0.717) is 0 Å². The molecule has 2 aliphatic rings. The van der Waals surface area contributed by atoms with Crippen LogP contribution in [0.25, 0.3) is 11.1 Å². The van der Waals surface area contributed by atoms with Gasteiger partial charge >= 0.3 is 0 Å². The maximum atomic E-state index is 11.5. The van der Waals surface area contributed by atoms with Gasteiger partial charge in [-0.15, -0.1) is 0 Å². The second-order valence-corrected chi connectivity index (χ2v) is 9.31. The normalized spacial score (nSPS) is 25.1. The molecule has 0 aromatic heterocycles. The van der Waals surface area contributed by atoms with Gasteiger partial charge in [-0.05, 0) is 85.0 Å². The van der Waals surface area contributed by atoms with Crippen LogP contribution in [-0.2, 0) is 17.2 Å². The van der Waals surface area contributed by atoms with Crippen molar-refractivity contribution in [3.8, 4) is 16.9 Å². The first-order chi connectivity index (χ1) is 12.5. The second kappa shape index (κ2) is 7.16. The standard InChI is InChI=1S/C22H27NO2S/c1-14-12-17(25-16-8-10-26(24)11-9-16)13-15(2)22(14)20-5-3-4-19-18(20)6-7-21(19)23/h3-5,12-13,16,21H,6-11,23H2,1-2H3. The molecule has 26 heavy (non-hydrogen) atoms. The van der Waals surface area contributed by atoms with Gasteiger partial charge in [-0.2, -0.15) is 0 Å². The van der Waals surface area contributed by atoms with Crippen LogP contribution in [0.3, 0.4) is 0 Å². The Morgan fingerprint density at radius 2 is 1.77 bits per heavy atom. The molecule has 1 aliphatic carbocycles. The summed E-state index contributed by atoms with van der Waals surface area (Å²) in [4.78, 5) is 0. The quantitative estimate of drug-likeness (QED) is 0.882. The van der Waals surface area contributed by atoms with E-state index >= 15 is 0 Å². The minimum Gasteiger partial charge on any atom is -0.490 e. The van der Waals surface area contributed by atoms with Crippen molar-refractivity contribution < 1.29 is 8.95 Å². The van der Waals surface area contributed by atoms with Crippen LogP contribution >= 0.6 is 0 Å². The lowest BCUT2D eigenvalue weighted by Gasteiger charge is -2.24. The molecule has 0 radical (unpaired) electrons. The lowest BCUT2D eigenvalue weighted by molar-refractivity contribution is 0.191. The Morgan fingerprint density at radius 1 is 1.08 bits per heavy atom. The van der Waals surface area contributed by atoms with Gasteiger partial charge in [-0.25, -0.2) is 0 Å². The van der Waals surface area contributed by atoms with Gasteiger partial charge in [0.15, 0.2) is 0 Å². The first-order valence-electron chi connectivity index (χ1n) is 9.53. The zero-order valence-corrected chi connectivity index (χ0v) is 16.4. The minimum atomic E-state index is -0.650. The van der Waals surface area contributed by atoms with Gasteiger partial charge in [0, 0.05) is 28.3 Å². The van der Waals surface area contributed by atoms with E-state index in [4.69, 9.17) is 10.5 Å². The second-order valence-electron chi connectivity index (χ2n) is 7.62. The summed E-state index contributed by atoms with van der Waals surface area (Å²) < 4.78 is 17.7. The lowest BCUT2D eigenvalue weighted by atomic mass is 9.90. The Bertz CT molecular complexity index is 828. The summed E-state index contributed by atoms with van der Waals surface area (Å²) in [6, 6.07) is 11.0. The Morgan fingerprint density at radius 3 is 2.46 bits per heavy atom. The van der Waals surface area contributed by atoms with Crippen molar-refractivity contribution in [2.45, 2.75) is 51.7 Å². The van der Waals surface area contributed by atoms with E-state index in [-0.39, 0.29) is 12.1 Å². The predicted octanol–water partition coefficient (Wildman–Crippen LogP) is 4.21. The molecule has 0 bridgehead atoms. The summed E-state index contributed by atoms with van der Waals surface area (Å²) in [5.74, 6) is 2.46. The molecule has 1 unspecified atom stereocenters. The average Bonchev–Trinajstić information content (AvgIpc) is 2.99. The van der Waals surface area contributed by atoms with Crippen molar-refractivity contribution in [1.29, 1.82) is 0 Å². The Kier molecular flexibility index (Phi) is 4.89. The number of hydrogen-bond acceptors (Lipinski definition) is 3. The number of benzene rings is 2. The molecule has 1 aliphatic heterocycles. The van der Waals surface area contributed by atoms with Gasteiger partial charge in [0.1, 0.15) is 11.9 Å².